The van der Waals surface area contributed by atoms with Gasteiger partial charge in [-0.2, -0.15) is 0 Å². The van der Waals surface area contributed by atoms with Crippen molar-refractivity contribution < 1.29 is 8.83 Å². The monoisotopic (exact) mass is 731 g/mol. The predicted octanol–water partition coefficient (Wildman–Crippen LogP) is 12.8. The molecule has 0 N–H and O–H groups in total. The van der Waals surface area contributed by atoms with Crippen LogP contribution in [0.5, 0.6) is 0 Å². The Morgan fingerprint density at radius 3 is 1.81 bits per heavy atom. The fourth-order valence-corrected chi connectivity index (χ4v) is 8.34. The van der Waals surface area contributed by atoms with E-state index in [1.54, 1.807) is 12.4 Å². The summed E-state index contributed by atoms with van der Waals surface area (Å²) in [5.74, 6) is 1.69. The highest BCUT2D eigenvalue weighted by atomic mass is 16.3. The summed E-state index contributed by atoms with van der Waals surface area (Å²) in [7, 11) is 0. The zero-order valence-corrected chi connectivity index (χ0v) is 30.3. The van der Waals surface area contributed by atoms with Gasteiger partial charge in [-0.15, -0.1) is 0 Å². The van der Waals surface area contributed by atoms with Gasteiger partial charge in [0.15, 0.2) is 23.1 Å². The summed E-state index contributed by atoms with van der Waals surface area (Å²) in [6.45, 7) is 0. The number of nitrogens with zero attached hydrogens (tertiary/aromatic N) is 5. The second kappa shape index (κ2) is 12.3. The number of pyridine rings is 1. The molecule has 0 amide bonds. The molecular weight excluding hydrogens is 703 g/mol. The number of hydrogen-bond donors (Lipinski definition) is 0. The zero-order valence-electron chi connectivity index (χ0n) is 30.3. The highest BCUT2D eigenvalue weighted by Gasteiger charge is 2.20. The maximum Gasteiger partial charge on any atom is 0.166 e. The Balaban J connectivity index is 1.05. The molecule has 5 heterocycles. The van der Waals surface area contributed by atoms with Crippen LogP contribution < -0.4 is 0 Å². The molecule has 12 aromatic rings. The van der Waals surface area contributed by atoms with Gasteiger partial charge < -0.3 is 13.4 Å². The molecule has 0 bridgehead atoms. The Hall–Kier alpha value is -7.90. The Morgan fingerprint density at radius 2 is 0.982 bits per heavy atom. The highest BCUT2D eigenvalue weighted by molar-refractivity contribution is 6.11. The second-order valence-electron chi connectivity index (χ2n) is 14.2. The first-order valence-electron chi connectivity index (χ1n) is 18.9. The quantitative estimate of drug-likeness (QED) is 0.175. The molecule has 0 spiro atoms. The van der Waals surface area contributed by atoms with Crippen molar-refractivity contribution in [2.24, 2.45) is 0 Å². The van der Waals surface area contributed by atoms with E-state index in [0.717, 1.165) is 88.4 Å². The number of benzene rings is 7. The Kier molecular flexibility index (Phi) is 6.79. The Bertz CT molecular complexity index is 3490. The number of para-hydroxylation sites is 5. The fraction of sp³-hybridized carbons (Fsp3) is 0. The summed E-state index contributed by atoms with van der Waals surface area (Å²) in [5, 5.41) is 6.61. The summed E-state index contributed by atoms with van der Waals surface area (Å²) in [6.07, 6.45) is 3.57. The zero-order chi connectivity index (χ0) is 37.5. The lowest BCUT2D eigenvalue weighted by molar-refractivity contribution is 0.668. The van der Waals surface area contributed by atoms with Crippen LogP contribution in [0, 0.1) is 0 Å². The van der Waals surface area contributed by atoms with Gasteiger partial charge in [-0.05, 0) is 54.1 Å². The molecule has 266 valence electrons. The predicted molar refractivity (Wildman–Crippen MR) is 228 cm³/mol. The molecule has 0 aliphatic heterocycles. The van der Waals surface area contributed by atoms with E-state index in [9.17, 15) is 0 Å². The van der Waals surface area contributed by atoms with Gasteiger partial charge in [-0.25, -0.2) is 15.0 Å². The van der Waals surface area contributed by atoms with E-state index in [4.69, 9.17) is 23.8 Å². The minimum atomic E-state index is 0.555. The first-order valence-corrected chi connectivity index (χ1v) is 18.9. The number of fused-ring (bicyclic) bond motifs is 9. The van der Waals surface area contributed by atoms with E-state index in [-0.39, 0.29) is 0 Å². The number of rotatable bonds is 5. The van der Waals surface area contributed by atoms with Gasteiger partial charge in [0.05, 0.1) is 22.9 Å². The lowest BCUT2D eigenvalue weighted by Crippen LogP contribution is -2.03. The minimum Gasteiger partial charge on any atom is -0.456 e. The van der Waals surface area contributed by atoms with Gasteiger partial charge in [0.2, 0.25) is 0 Å². The van der Waals surface area contributed by atoms with E-state index in [1.807, 2.05) is 36.4 Å². The smallest absolute Gasteiger partial charge is 0.166 e. The van der Waals surface area contributed by atoms with E-state index < -0.39 is 0 Å². The van der Waals surface area contributed by atoms with E-state index in [1.165, 1.54) is 10.8 Å². The molecule has 7 heteroatoms. The van der Waals surface area contributed by atoms with Crippen molar-refractivity contribution in [3.8, 4) is 51.0 Å². The normalized spacial score (nSPS) is 11.9. The average Bonchev–Trinajstić information content (AvgIpc) is 3.96. The molecule has 7 nitrogen and oxygen atoms in total. The number of hydrogen-bond acceptors (Lipinski definition) is 6. The lowest BCUT2D eigenvalue weighted by atomic mass is 10.0. The SMILES string of the molecule is c1ccc(-n2c3ccccc3c3ccccc32)c(-c2nc(-c3ccc(-c4cccc5c4oc4cnccc45)cc3)nc(-c3ccc4c(c3)oc3ccccc34)n2)c1. The average molecular weight is 732 g/mol. The second-order valence-corrected chi connectivity index (χ2v) is 14.2. The molecule has 0 unspecified atom stereocenters. The van der Waals surface area contributed by atoms with Gasteiger partial charge in [0, 0.05) is 60.8 Å². The summed E-state index contributed by atoms with van der Waals surface area (Å²) < 4.78 is 14.9. The molecule has 0 aliphatic rings. The van der Waals surface area contributed by atoms with Crippen LogP contribution >= 0.6 is 0 Å². The molecule has 12 rings (SSSR count). The van der Waals surface area contributed by atoms with Crippen LogP contribution in [0.1, 0.15) is 0 Å². The van der Waals surface area contributed by atoms with Gasteiger partial charge in [0.1, 0.15) is 16.7 Å². The third-order valence-corrected chi connectivity index (χ3v) is 11.0. The molecular formula is C50H29N5O2. The Morgan fingerprint density at radius 1 is 0.386 bits per heavy atom. The fourth-order valence-electron chi connectivity index (χ4n) is 8.34. The number of furan rings is 2. The van der Waals surface area contributed by atoms with Crippen molar-refractivity contribution >= 4 is 65.7 Å². The van der Waals surface area contributed by atoms with Gasteiger partial charge in [-0.3, -0.25) is 4.98 Å². The number of aromatic nitrogens is 5. The van der Waals surface area contributed by atoms with Crippen molar-refractivity contribution in [3.63, 3.8) is 0 Å². The van der Waals surface area contributed by atoms with Crippen LogP contribution in [-0.4, -0.2) is 24.5 Å². The van der Waals surface area contributed by atoms with E-state index in [0.29, 0.717) is 17.5 Å². The van der Waals surface area contributed by atoms with Crippen LogP contribution in [0.2, 0.25) is 0 Å². The van der Waals surface area contributed by atoms with Crippen LogP contribution in [0.4, 0.5) is 0 Å². The molecule has 5 aromatic heterocycles. The lowest BCUT2D eigenvalue weighted by Gasteiger charge is -2.14. The molecule has 0 aliphatic carbocycles. The standard InChI is InChI=1S/C50H29N5O2/c1-5-16-41-34(10-1)35-11-2-6-17-42(35)55(41)43-18-7-3-13-40(43)50-53-48(52-49(54-50)32-24-25-37-36-12-4-8-19-44(36)56-45(37)28-32)31-22-20-30(21-23-31)33-14-9-15-39-38-26-27-51-29-46(38)57-47(33)39/h1-29H. The van der Waals surface area contributed by atoms with Crippen LogP contribution in [-0.2, 0) is 0 Å². The summed E-state index contributed by atoms with van der Waals surface area (Å²) in [4.78, 5) is 19.8. The minimum absolute atomic E-state index is 0.555. The third-order valence-electron chi connectivity index (χ3n) is 11.0. The first kappa shape index (κ1) is 31.5. The maximum absolute atomic E-state index is 6.32. The molecule has 0 saturated heterocycles. The van der Waals surface area contributed by atoms with Crippen LogP contribution in [0.15, 0.2) is 185 Å². The highest BCUT2D eigenvalue weighted by Crippen LogP contribution is 2.39. The first-order chi connectivity index (χ1) is 28.2. The third kappa shape index (κ3) is 4.92. The van der Waals surface area contributed by atoms with Gasteiger partial charge >= 0.3 is 0 Å². The summed E-state index contributed by atoms with van der Waals surface area (Å²) in [5.41, 5.74) is 11.1. The molecule has 57 heavy (non-hydrogen) atoms. The largest absolute Gasteiger partial charge is 0.456 e. The van der Waals surface area contributed by atoms with E-state index >= 15 is 0 Å². The molecule has 0 radical (unpaired) electrons. The van der Waals surface area contributed by atoms with Crippen molar-refractivity contribution in [2.75, 3.05) is 0 Å². The van der Waals surface area contributed by atoms with Crippen molar-refractivity contribution in [1.82, 2.24) is 24.5 Å². The summed E-state index contributed by atoms with van der Waals surface area (Å²) in [6, 6.07) is 56.3. The molecule has 0 saturated carbocycles. The molecule has 0 atom stereocenters. The van der Waals surface area contributed by atoms with Crippen molar-refractivity contribution in [1.29, 1.82) is 0 Å². The maximum atomic E-state index is 6.32. The van der Waals surface area contributed by atoms with Crippen LogP contribution in [0.3, 0.4) is 0 Å². The molecule has 7 aromatic carbocycles. The van der Waals surface area contributed by atoms with Gasteiger partial charge in [0.25, 0.3) is 0 Å². The van der Waals surface area contributed by atoms with Crippen molar-refractivity contribution in [3.05, 3.63) is 176 Å². The van der Waals surface area contributed by atoms with Crippen molar-refractivity contribution in [2.45, 2.75) is 0 Å². The van der Waals surface area contributed by atoms with E-state index in [2.05, 4.69) is 137 Å². The summed E-state index contributed by atoms with van der Waals surface area (Å²) >= 11 is 0. The Labute approximate surface area is 325 Å². The molecule has 0 fully saturated rings. The van der Waals surface area contributed by atoms with Crippen LogP contribution in [0.25, 0.3) is 117 Å². The van der Waals surface area contributed by atoms with Gasteiger partial charge in [-0.1, -0.05) is 115 Å². The topological polar surface area (TPSA) is 82.8 Å².